The highest BCUT2D eigenvalue weighted by atomic mass is 15.2. The second-order valence-corrected chi connectivity index (χ2v) is 4.42. The van der Waals surface area contributed by atoms with Crippen molar-refractivity contribution in [3.63, 3.8) is 0 Å². The Labute approximate surface area is 111 Å². The summed E-state index contributed by atoms with van der Waals surface area (Å²) in [4.78, 5) is 4.47. The molecule has 0 aliphatic carbocycles. The Morgan fingerprint density at radius 3 is 2.44 bits per heavy atom. The van der Waals surface area contributed by atoms with Crippen LogP contribution in [0, 0.1) is 6.92 Å². The molecule has 0 aliphatic heterocycles. The van der Waals surface area contributed by atoms with Gasteiger partial charge in [0.2, 0.25) is 0 Å². The van der Waals surface area contributed by atoms with Crippen LogP contribution in [0.3, 0.4) is 0 Å². The Bertz CT molecular complexity index is 355. The molecule has 0 atom stereocenters. The number of aryl methyl sites for hydroxylation is 1. The quantitative estimate of drug-likeness (QED) is 0.598. The average Bonchev–Trinajstić information content (AvgIpc) is 2.38. The van der Waals surface area contributed by atoms with Gasteiger partial charge in [0.25, 0.3) is 0 Å². The smallest absolute Gasteiger partial charge is 0.191 e. The number of hydrogen-bond acceptors (Lipinski definition) is 1. The molecular formula is C15H25N3. The van der Waals surface area contributed by atoms with E-state index >= 15 is 0 Å². The Morgan fingerprint density at radius 1 is 1.11 bits per heavy atom. The molecular weight excluding hydrogens is 222 g/mol. The first-order chi connectivity index (χ1) is 8.76. The van der Waals surface area contributed by atoms with Crippen molar-refractivity contribution in [2.45, 2.75) is 33.6 Å². The summed E-state index contributed by atoms with van der Waals surface area (Å²) in [5, 5.41) is 6.61. The van der Waals surface area contributed by atoms with E-state index in [1.165, 1.54) is 11.1 Å². The third-order valence-electron chi connectivity index (χ3n) is 2.66. The summed E-state index contributed by atoms with van der Waals surface area (Å²) < 4.78 is 0. The van der Waals surface area contributed by atoms with E-state index in [1.807, 2.05) is 0 Å². The van der Waals surface area contributed by atoms with Crippen LogP contribution in [-0.2, 0) is 6.42 Å². The number of rotatable bonds is 6. The number of aliphatic imine (C=N–C) groups is 1. The first-order valence-electron chi connectivity index (χ1n) is 6.84. The Morgan fingerprint density at radius 2 is 1.83 bits per heavy atom. The molecule has 2 N–H and O–H groups in total. The van der Waals surface area contributed by atoms with E-state index in [4.69, 9.17) is 0 Å². The van der Waals surface area contributed by atoms with Crippen molar-refractivity contribution in [1.82, 2.24) is 10.6 Å². The van der Waals surface area contributed by atoms with Gasteiger partial charge in [-0.25, -0.2) is 0 Å². The normalized spacial score (nSPS) is 11.4. The monoisotopic (exact) mass is 247 g/mol. The van der Waals surface area contributed by atoms with Gasteiger partial charge in [-0.3, -0.25) is 4.99 Å². The minimum atomic E-state index is 0.875. The lowest BCUT2D eigenvalue weighted by atomic mass is 10.1. The van der Waals surface area contributed by atoms with E-state index in [2.05, 4.69) is 60.7 Å². The second-order valence-electron chi connectivity index (χ2n) is 4.42. The first-order valence-corrected chi connectivity index (χ1v) is 6.84. The van der Waals surface area contributed by atoms with Gasteiger partial charge in [0.15, 0.2) is 5.96 Å². The minimum absolute atomic E-state index is 0.875. The fourth-order valence-corrected chi connectivity index (χ4v) is 1.65. The van der Waals surface area contributed by atoms with Gasteiger partial charge >= 0.3 is 0 Å². The maximum absolute atomic E-state index is 4.47. The molecule has 0 amide bonds. The van der Waals surface area contributed by atoms with E-state index in [9.17, 15) is 0 Å². The first kappa shape index (κ1) is 14.6. The van der Waals surface area contributed by atoms with Gasteiger partial charge in [0, 0.05) is 19.6 Å². The zero-order valence-corrected chi connectivity index (χ0v) is 11.8. The second kappa shape index (κ2) is 8.56. The van der Waals surface area contributed by atoms with Crippen molar-refractivity contribution in [3.05, 3.63) is 35.4 Å². The number of nitrogens with one attached hydrogen (secondary N) is 2. The van der Waals surface area contributed by atoms with E-state index in [0.717, 1.165) is 38.4 Å². The lowest BCUT2D eigenvalue weighted by Crippen LogP contribution is -2.38. The number of guanidine groups is 1. The largest absolute Gasteiger partial charge is 0.357 e. The summed E-state index contributed by atoms with van der Waals surface area (Å²) in [5.41, 5.74) is 2.67. The molecule has 0 heterocycles. The molecule has 0 bridgehead atoms. The van der Waals surface area contributed by atoms with Crippen molar-refractivity contribution in [2.24, 2.45) is 4.99 Å². The predicted octanol–water partition coefficient (Wildman–Crippen LogP) is 2.50. The van der Waals surface area contributed by atoms with E-state index in [0.29, 0.717) is 0 Å². The van der Waals surface area contributed by atoms with Crippen LogP contribution < -0.4 is 10.6 Å². The summed E-state index contributed by atoms with van der Waals surface area (Å²) in [7, 11) is 0. The lowest BCUT2D eigenvalue weighted by Gasteiger charge is -2.11. The van der Waals surface area contributed by atoms with E-state index < -0.39 is 0 Å². The molecule has 0 aromatic heterocycles. The average molecular weight is 247 g/mol. The van der Waals surface area contributed by atoms with Crippen molar-refractivity contribution < 1.29 is 0 Å². The topological polar surface area (TPSA) is 36.4 Å². The summed E-state index contributed by atoms with van der Waals surface area (Å²) in [6.45, 7) is 9.03. The summed E-state index contributed by atoms with van der Waals surface area (Å²) in [5.74, 6) is 0.923. The van der Waals surface area contributed by atoms with Crippen LogP contribution in [0.25, 0.3) is 0 Å². The van der Waals surface area contributed by atoms with Crippen molar-refractivity contribution in [2.75, 3.05) is 19.6 Å². The fraction of sp³-hybridized carbons (Fsp3) is 0.533. The van der Waals surface area contributed by atoms with Crippen LogP contribution in [0.15, 0.2) is 29.3 Å². The van der Waals surface area contributed by atoms with Crippen molar-refractivity contribution in [3.8, 4) is 0 Å². The minimum Gasteiger partial charge on any atom is -0.357 e. The van der Waals surface area contributed by atoms with Gasteiger partial charge in [-0.05, 0) is 32.3 Å². The van der Waals surface area contributed by atoms with Crippen LogP contribution >= 0.6 is 0 Å². The van der Waals surface area contributed by atoms with Gasteiger partial charge in [0.1, 0.15) is 0 Å². The zero-order chi connectivity index (χ0) is 13.2. The molecule has 0 spiro atoms. The fourth-order valence-electron chi connectivity index (χ4n) is 1.65. The van der Waals surface area contributed by atoms with Gasteiger partial charge in [-0.2, -0.15) is 0 Å². The summed E-state index contributed by atoms with van der Waals surface area (Å²) in [6, 6.07) is 8.69. The third-order valence-corrected chi connectivity index (χ3v) is 2.66. The van der Waals surface area contributed by atoms with Gasteiger partial charge < -0.3 is 10.6 Å². The standard InChI is InChI=1S/C15H25N3/c1-4-11-17-15(16-5-2)18-12-10-14-8-6-13(3)7-9-14/h6-9H,4-5,10-12H2,1-3H3,(H2,16,17,18). The summed E-state index contributed by atoms with van der Waals surface area (Å²) >= 11 is 0. The number of hydrogen-bond donors (Lipinski definition) is 2. The highest BCUT2D eigenvalue weighted by Gasteiger charge is 1.97. The molecule has 18 heavy (non-hydrogen) atoms. The van der Waals surface area contributed by atoms with Gasteiger partial charge in [-0.15, -0.1) is 0 Å². The zero-order valence-electron chi connectivity index (χ0n) is 11.8. The molecule has 100 valence electrons. The van der Waals surface area contributed by atoms with Crippen molar-refractivity contribution >= 4 is 5.96 Å². The van der Waals surface area contributed by atoms with Crippen LogP contribution in [0.1, 0.15) is 31.4 Å². The Balaban J connectivity index is 2.36. The molecule has 1 aromatic carbocycles. The molecule has 1 aromatic rings. The molecule has 3 nitrogen and oxygen atoms in total. The van der Waals surface area contributed by atoms with Crippen LogP contribution in [-0.4, -0.2) is 25.6 Å². The molecule has 0 fully saturated rings. The van der Waals surface area contributed by atoms with Crippen molar-refractivity contribution in [1.29, 1.82) is 0 Å². The van der Waals surface area contributed by atoms with E-state index in [-0.39, 0.29) is 0 Å². The molecule has 0 saturated heterocycles. The lowest BCUT2D eigenvalue weighted by molar-refractivity contribution is 0.793. The summed E-state index contributed by atoms with van der Waals surface area (Å²) in [6.07, 6.45) is 2.10. The molecule has 0 aliphatic rings. The molecule has 3 heteroatoms. The highest BCUT2D eigenvalue weighted by Crippen LogP contribution is 2.02. The van der Waals surface area contributed by atoms with Crippen LogP contribution in [0.5, 0.6) is 0 Å². The van der Waals surface area contributed by atoms with Gasteiger partial charge in [-0.1, -0.05) is 36.8 Å². The third kappa shape index (κ3) is 5.71. The van der Waals surface area contributed by atoms with Crippen LogP contribution in [0.2, 0.25) is 0 Å². The SMILES string of the molecule is CCCN=C(NCC)NCCc1ccc(C)cc1. The number of benzene rings is 1. The number of nitrogens with zero attached hydrogens (tertiary/aromatic N) is 1. The van der Waals surface area contributed by atoms with Crippen LogP contribution in [0.4, 0.5) is 0 Å². The molecule has 0 saturated carbocycles. The predicted molar refractivity (Wildman–Crippen MR) is 79.2 cm³/mol. The maximum Gasteiger partial charge on any atom is 0.191 e. The molecule has 0 radical (unpaired) electrons. The Hall–Kier alpha value is -1.51. The van der Waals surface area contributed by atoms with Gasteiger partial charge in [0.05, 0.1) is 0 Å². The highest BCUT2D eigenvalue weighted by molar-refractivity contribution is 5.79. The Kier molecular flexibility index (Phi) is 6.92. The maximum atomic E-state index is 4.47. The van der Waals surface area contributed by atoms with E-state index in [1.54, 1.807) is 0 Å². The molecule has 0 unspecified atom stereocenters. The molecule has 1 rings (SSSR count).